The van der Waals surface area contributed by atoms with Crippen LogP contribution in [0.5, 0.6) is 0 Å². The summed E-state index contributed by atoms with van der Waals surface area (Å²) in [6, 6.07) is 0. The molecule has 0 bridgehead atoms. The Morgan fingerprint density at radius 1 is 0.933 bits per heavy atom. The minimum Gasteiger partial charge on any atom is -0.396 e. The molecule has 0 aromatic heterocycles. The lowest BCUT2D eigenvalue weighted by atomic mass is 10.4. The Labute approximate surface area is 93.2 Å². The number of hydrogen-bond donors (Lipinski definition) is 1. The maximum Gasteiger partial charge on any atom is 0.0593 e. The van der Waals surface area contributed by atoms with Gasteiger partial charge in [-0.05, 0) is 20.3 Å². The summed E-state index contributed by atoms with van der Waals surface area (Å²) >= 11 is 0. The van der Waals surface area contributed by atoms with Gasteiger partial charge < -0.3 is 14.6 Å². The van der Waals surface area contributed by atoms with E-state index in [4.69, 9.17) is 14.6 Å². The Balaban J connectivity index is 3.53. The van der Waals surface area contributed by atoms with Gasteiger partial charge in [0.1, 0.15) is 0 Å². The molecule has 1 N–H and O–H groups in total. The van der Waals surface area contributed by atoms with Crippen molar-refractivity contribution < 1.29 is 14.6 Å². The van der Waals surface area contributed by atoms with Gasteiger partial charge in [-0.25, -0.2) is 0 Å². The van der Waals surface area contributed by atoms with Gasteiger partial charge in [0.2, 0.25) is 0 Å². The van der Waals surface area contributed by atoms with E-state index in [2.05, 4.69) is 4.90 Å². The lowest BCUT2D eigenvalue weighted by Crippen LogP contribution is -2.32. The van der Waals surface area contributed by atoms with Gasteiger partial charge in [0, 0.05) is 39.5 Å². The molecule has 0 atom stereocenters. The zero-order valence-corrected chi connectivity index (χ0v) is 10.1. The van der Waals surface area contributed by atoms with Crippen LogP contribution in [0.1, 0.15) is 20.3 Å². The highest BCUT2D eigenvalue weighted by molar-refractivity contribution is 4.57. The fourth-order valence-electron chi connectivity index (χ4n) is 1.31. The average molecular weight is 219 g/mol. The summed E-state index contributed by atoms with van der Waals surface area (Å²) in [5.41, 5.74) is 0. The van der Waals surface area contributed by atoms with E-state index in [1.165, 1.54) is 0 Å². The predicted octanol–water partition coefficient (Wildman–Crippen LogP) is 0.744. The van der Waals surface area contributed by atoms with Crippen molar-refractivity contribution in [2.75, 3.05) is 52.7 Å². The van der Waals surface area contributed by atoms with Gasteiger partial charge in [-0.15, -0.1) is 0 Å². The molecule has 0 radical (unpaired) electrons. The molecule has 4 nitrogen and oxygen atoms in total. The Kier molecular flexibility index (Phi) is 11.8. The number of ether oxygens (including phenoxy) is 2. The van der Waals surface area contributed by atoms with Crippen molar-refractivity contribution in [3.05, 3.63) is 0 Å². The van der Waals surface area contributed by atoms with Gasteiger partial charge in [0.15, 0.2) is 0 Å². The third-order valence-corrected chi connectivity index (χ3v) is 2.14. The topological polar surface area (TPSA) is 41.9 Å². The lowest BCUT2D eigenvalue weighted by Gasteiger charge is -2.21. The molecule has 0 aromatic carbocycles. The largest absolute Gasteiger partial charge is 0.396 e. The second kappa shape index (κ2) is 11.9. The zero-order chi connectivity index (χ0) is 11.4. The van der Waals surface area contributed by atoms with Gasteiger partial charge in [0.25, 0.3) is 0 Å². The molecule has 0 amide bonds. The number of nitrogens with zero attached hydrogens (tertiary/aromatic N) is 1. The van der Waals surface area contributed by atoms with Gasteiger partial charge in [-0.2, -0.15) is 0 Å². The van der Waals surface area contributed by atoms with Crippen LogP contribution in [-0.4, -0.2) is 62.7 Å². The van der Waals surface area contributed by atoms with Crippen molar-refractivity contribution in [3.63, 3.8) is 0 Å². The van der Waals surface area contributed by atoms with Gasteiger partial charge in [-0.1, -0.05) is 0 Å². The van der Waals surface area contributed by atoms with Crippen molar-refractivity contribution in [1.29, 1.82) is 0 Å². The fourth-order valence-corrected chi connectivity index (χ4v) is 1.31. The minimum absolute atomic E-state index is 0.250. The number of aliphatic hydroxyl groups excluding tert-OH is 1. The average Bonchev–Trinajstić information content (AvgIpc) is 2.25. The third-order valence-electron chi connectivity index (χ3n) is 2.14. The maximum absolute atomic E-state index is 8.77. The van der Waals surface area contributed by atoms with Crippen molar-refractivity contribution >= 4 is 0 Å². The van der Waals surface area contributed by atoms with Crippen LogP contribution in [0.15, 0.2) is 0 Å². The molecule has 92 valence electrons. The number of aliphatic hydroxyl groups is 1. The van der Waals surface area contributed by atoms with E-state index >= 15 is 0 Å². The normalized spacial score (nSPS) is 11.2. The van der Waals surface area contributed by atoms with Crippen LogP contribution in [0.25, 0.3) is 0 Å². The molecule has 0 saturated carbocycles. The molecule has 0 unspecified atom stereocenters. The molecule has 0 aromatic rings. The molecule has 0 fully saturated rings. The standard InChI is InChI=1S/C11H25NO3/c1-3-14-10-7-12(6-5-9-13)8-11-15-4-2/h13H,3-11H2,1-2H3. The lowest BCUT2D eigenvalue weighted by molar-refractivity contribution is 0.0797. The fraction of sp³-hybridized carbons (Fsp3) is 1.00. The van der Waals surface area contributed by atoms with Crippen molar-refractivity contribution in [3.8, 4) is 0 Å². The molecule has 0 aliphatic carbocycles. The second-order valence-electron chi connectivity index (χ2n) is 3.31. The molecule has 0 aliphatic rings. The van der Waals surface area contributed by atoms with E-state index in [1.807, 2.05) is 13.8 Å². The van der Waals surface area contributed by atoms with Crippen LogP contribution in [0.3, 0.4) is 0 Å². The summed E-state index contributed by atoms with van der Waals surface area (Å²) in [6.45, 7) is 10.0. The van der Waals surface area contributed by atoms with Crippen molar-refractivity contribution in [2.45, 2.75) is 20.3 Å². The van der Waals surface area contributed by atoms with E-state index in [0.29, 0.717) is 0 Å². The van der Waals surface area contributed by atoms with Crippen molar-refractivity contribution in [2.24, 2.45) is 0 Å². The summed E-state index contributed by atoms with van der Waals surface area (Å²) in [4.78, 5) is 2.27. The maximum atomic E-state index is 8.77. The second-order valence-corrected chi connectivity index (χ2v) is 3.31. The Hall–Kier alpha value is -0.160. The summed E-state index contributed by atoms with van der Waals surface area (Å²) in [5.74, 6) is 0. The zero-order valence-electron chi connectivity index (χ0n) is 10.1. The molecule has 0 heterocycles. The molecule has 0 aliphatic heterocycles. The monoisotopic (exact) mass is 219 g/mol. The molecule has 0 saturated heterocycles. The van der Waals surface area contributed by atoms with Gasteiger partial charge in [-0.3, -0.25) is 4.90 Å². The molecular weight excluding hydrogens is 194 g/mol. The van der Waals surface area contributed by atoms with Crippen molar-refractivity contribution in [1.82, 2.24) is 4.90 Å². The van der Waals surface area contributed by atoms with E-state index in [9.17, 15) is 0 Å². The predicted molar refractivity (Wildman–Crippen MR) is 61.1 cm³/mol. The summed E-state index contributed by atoms with van der Waals surface area (Å²) < 4.78 is 10.6. The van der Waals surface area contributed by atoms with E-state index < -0.39 is 0 Å². The Morgan fingerprint density at radius 3 is 1.87 bits per heavy atom. The van der Waals surface area contributed by atoms with E-state index in [1.54, 1.807) is 0 Å². The SMILES string of the molecule is CCOCCN(CCCO)CCOCC. The first-order valence-corrected chi connectivity index (χ1v) is 5.83. The Morgan fingerprint density at radius 2 is 1.47 bits per heavy atom. The Bertz CT molecular complexity index is 112. The van der Waals surface area contributed by atoms with Crippen LogP contribution in [0.2, 0.25) is 0 Å². The highest BCUT2D eigenvalue weighted by atomic mass is 16.5. The molecule has 4 heteroatoms. The van der Waals surface area contributed by atoms with Gasteiger partial charge >= 0.3 is 0 Å². The molecule has 0 spiro atoms. The molecule has 15 heavy (non-hydrogen) atoms. The van der Waals surface area contributed by atoms with Crippen LogP contribution in [0.4, 0.5) is 0 Å². The summed E-state index contributed by atoms with van der Waals surface area (Å²) in [6.07, 6.45) is 0.818. The first-order chi connectivity index (χ1) is 7.35. The third kappa shape index (κ3) is 10.1. The summed E-state index contributed by atoms with van der Waals surface area (Å²) in [7, 11) is 0. The van der Waals surface area contributed by atoms with Crippen LogP contribution >= 0.6 is 0 Å². The highest BCUT2D eigenvalue weighted by Gasteiger charge is 2.03. The van der Waals surface area contributed by atoms with Crippen LogP contribution < -0.4 is 0 Å². The highest BCUT2D eigenvalue weighted by Crippen LogP contribution is 1.92. The van der Waals surface area contributed by atoms with E-state index in [-0.39, 0.29) is 6.61 Å². The molecule has 0 rings (SSSR count). The molecular formula is C11H25NO3. The number of hydrogen-bond acceptors (Lipinski definition) is 4. The minimum atomic E-state index is 0.250. The summed E-state index contributed by atoms with van der Waals surface area (Å²) in [5, 5.41) is 8.77. The first-order valence-electron chi connectivity index (χ1n) is 5.83. The smallest absolute Gasteiger partial charge is 0.0593 e. The van der Waals surface area contributed by atoms with E-state index in [0.717, 1.165) is 52.5 Å². The number of rotatable bonds is 11. The van der Waals surface area contributed by atoms with Crippen LogP contribution in [-0.2, 0) is 9.47 Å². The van der Waals surface area contributed by atoms with Gasteiger partial charge in [0.05, 0.1) is 13.2 Å². The first kappa shape index (κ1) is 14.8. The quantitative estimate of drug-likeness (QED) is 0.521. The van der Waals surface area contributed by atoms with Crippen LogP contribution in [0, 0.1) is 0 Å².